The number of halogens is 1. The molecule has 1 aliphatic heterocycles. The first kappa shape index (κ1) is 25.7. The highest BCUT2D eigenvalue weighted by Crippen LogP contribution is 2.31. The van der Waals surface area contributed by atoms with Crippen LogP contribution < -0.4 is 15.1 Å². The van der Waals surface area contributed by atoms with Gasteiger partial charge in [0, 0.05) is 23.5 Å². The van der Waals surface area contributed by atoms with E-state index in [1.165, 1.54) is 31.4 Å². The zero-order valence-corrected chi connectivity index (χ0v) is 21.2. The molecule has 1 heterocycles. The molecule has 188 valence electrons. The zero-order chi connectivity index (χ0) is 26.7. The Hall–Kier alpha value is -4.43. The number of rotatable bonds is 7. The van der Waals surface area contributed by atoms with Gasteiger partial charge in [-0.2, -0.15) is 0 Å². The SMILES string of the molecule is CCN(C(=O)c1ccc(NC2=C(Cl)C(=O)N(c3cccc(C(=O)OC)c3)C2=O)cc1)c1cccc(C)c1. The Balaban J connectivity index is 1.53. The van der Waals surface area contributed by atoms with Gasteiger partial charge in [-0.3, -0.25) is 14.4 Å². The lowest BCUT2D eigenvalue weighted by Gasteiger charge is -2.21. The number of carbonyl (C=O) groups excluding carboxylic acids is 4. The minimum atomic E-state index is -0.722. The van der Waals surface area contributed by atoms with Crippen LogP contribution >= 0.6 is 11.6 Å². The highest BCUT2D eigenvalue weighted by molar-refractivity contribution is 6.53. The first-order valence-electron chi connectivity index (χ1n) is 11.5. The standard InChI is InChI=1S/C28H24ClN3O5/c1-4-31(21-9-5-7-17(2)15-21)25(33)18-11-13-20(14-12-18)30-24-23(29)26(34)32(27(24)35)22-10-6-8-19(16-22)28(36)37-3/h5-16,30H,4H2,1-3H3. The molecule has 0 saturated heterocycles. The zero-order valence-electron chi connectivity index (χ0n) is 20.4. The van der Waals surface area contributed by atoms with Crippen molar-refractivity contribution in [2.24, 2.45) is 0 Å². The third-order valence-electron chi connectivity index (χ3n) is 5.83. The predicted octanol–water partition coefficient (Wildman–Crippen LogP) is 4.88. The number of anilines is 3. The maximum Gasteiger partial charge on any atom is 0.337 e. The lowest BCUT2D eigenvalue weighted by molar-refractivity contribution is -0.120. The van der Waals surface area contributed by atoms with Gasteiger partial charge >= 0.3 is 5.97 Å². The summed E-state index contributed by atoms with van der Waals surface area (Å²) in [5.74, 6) is -2.16. The van der Waals surface area contributed by atoms with Crippen LogP contribution in [0.15, 0.2) is 83.5 Å². The average Bonchev–Trinajstić information content (AvgIpc) is 3.12. The summed E-state index contributed by atoms with van der Waals surface area (Å²) in [7, 11) is 1.24. The number of nitrogens with one attached hydrogen (secondary N) is 1. The number of hydrogen-bond donors (Lipinski definition) is 1. The Morgan fingerprint density at radius 3 is 2.30 bits per heavy atom. The maximum atomic E-state index is 13.1. The summed E-state index contributed by atoms with van der Waals surface area (Å²) in [4.78, 5) is 53.4. The summed E-state index contributed by atoms with van der Waals surface area (Å²) in [6, 6.07) is 20.2. The molecule has 9 heteroatoms. The molecule has 0 aromatic heterocycles. The molecule has 0 atom stereocenters. The van der Waals surface area contributed by atoms with Crippen LogP contribution in [0.2, 0.25) is 0 Å². The molecule has 0 bridgehead atoms. The van der Waals surface area contributed by atoms with E-state index < -0.39 is 17.8 Å². The Kier molecular flexibility index (Phi) is 7.40. The number of imide groups is 1. The minimum Gasteiger partial charge on any atom is -0.465 e. The number of aryl methyl sites for hydroxylation is 1. The van der Waals surface area contributed by atoms with Crippen molar-refractivity contribution in [2.75, 3.05) is 28.8 Å². The molecular formula is C28H24ClN3O5. The van der Waals surface area contributed by atoms with Gasteiger partial charge in [-0.15, -0.1) is 0 Å². The molecule has 0 unspecified atom stereocenters. The quantitative estimate of drug-likeness (QED) is 0.354. The minimum absolute atomic E-state index is 0.107. The van der Waals surface area contributed by atoms with Crippen LogP contribution in [0.25, 0.3) is 0 Å². The summed E-state index contributed by atoms with van der Waals surface area (Å²) < 4.78 is 4.70. The van der Waals surface area contributed by atoms with Crippen LogP contribution in [0, 0.1) is 6.92 Å². The normalized spacial score (nSPS) is 13.1. The third kappa shape index (κ3) is 5.10. The van der Waals surface area contributed by atoms with Gasteiger partial charge in [0.15, 0.2) is 0 Å². The van der Waals surface area contributed by atoms with Crippen molar-refractivity contribution in [1.29, 1.82) is 0 Å². The number of amides is 3. The van der Waals surface area contributed by atoms with E-state index >= 15 is 0 Å². The second-order valence-corrected chi connectivity index (χ2v) is 8.65. The molecule has 37 heavy (non-hydrogen) atoms. The molecule has 0 aliphatic carbocycles. The van der Waals surface area contributed by atoms with E-state index in [1.54, 1.807) is 29.2 Å². The van der Waals surface area contributed by atoms with Crippen molar-refractivity contribution in [2.45, 2.75) is 13.8 Å². The van der Waals surface area contributed by atoms with Crippen molar-refractivity contribution >= 4 is 52.4 Å². The lowest BCUT2D eigenvalue weighted by atomic mass is 10.1. The molecule has 1 N–H and O–H groups in total. The Morgan fingerprint density at radius 1 is 0.946 bits per heavy atom. The molecule has 0 fully saturated rings. The molecule has 8 nitrogen and oxygen atoms in total. The van der Waals surface area contributed by atoms with Gasteiger partial charge in [-0.05, 0) is 74.0 Å². The second-order valence-electron chi connectivity index (χ2n) is 8.27. The molecule has 1 aliphatic rings. The van der Waals surface area contributed by atoms with Crippen LogP contribution in [0.5, 0.6) is 0 Å². The molecule has 0 saturated carbocycles. The fourth-order valence-electron chi connectivity index (χ4n) is 3.97. The van der Waals surface area contributed by atoms with E-state index in [9.17, 15) is 19.2 Å². The molecule has 0 radical (unpaired) electrons. The van der Waals surface area contributed by atoms with Crippen LogP contribution in [0.1, 0.15) is 33.2 Å². The topological polar surface area (TPSA) is 96.0 Å². The fraction of sp³-hybridized carbons (Fsp3) is 0.143. The van der Waals surface area contributed by atoms with Crippen LogP contribution in [0.3, 0.4) is 0 Å². The number of esters is 1. The number of carbonyl (C=O) groups is 4. The summed E-state index contributed by atoms with van der Waals surface area (Å²) in [5.41, 5.74) is 3.05. The predicted molar refractivity (Wildman–Crippen MR) is 142 cm³/mol. The molecular weight excluding hydrogens is 494 g/mol. The van der Waals surface area contributed by atoms with E-state index in [1.807, 2.05) is 38.1 Å². The number of nitrogens with zero attached hydrogens (tertiary/aromatic N) is 2. The van der Waals surface area contributed by atoms with Crippen LogP contribution in [-0.2, 0) is 14.3 Å². The van der Waals surface area contributed by atoms with Crippen molar-refractivity contribution in [3.05, 3.63) is 100 Å². The average molecular weight is 518 g/mol. The highest BCUT2D eigenvalue weighted by atomic mass is 35.5. The number of hydrogen-bond acceptors (Lipinski definition) is 6. The van der Waals surface area contributed by atoms with Gasteiger partial charge in [0.05, 0.1) is 18.4 Å². The monoisotopic (exact) mass is 517 g/mol. The third-order valence-corrected chi connectivity index (χ3v) is 6.18. The van der Waals surface area contributed by atoms with E-state index in [0.29, 0.717) is 17.8 Å². The first-order valence-corrected chi connectivity index (χ1v) is 11.9. The number of methoxy groups -OCH3 is 1. The van der Waals surface area contributed by atoms with Crippen molar-refractivity contribution in [3.8, 4) is 0 Å². The second kappa shape index (κ2) is 10.7. The first-order chi connectivity index (χ1) is 17.7. The Bertz CT molecular complexity index is 1430. The lowest BCUT2D eigenvalue weighted by Crippen LogP contribution is -2.32. The smallest absolute Gasteiger partial charge is 0.337 e. The van der Waals surface area contributed by atoms with Gasteiger partial charge in [0.25, 0.3) is 17.7 Å². The van der Waals surface area contributed by atoms with Crippen molar-refractivity contribution < 1.29 is 23.9 Å². The summed E-state index contributed by atoms with van der Waals surface area (Å²) >= 11 is 6.22. The molecule has 3 aromatic carbocycles. The van der Waals surface area contributed by atoms with Gasteiger partial charge < -0.3 is 15.0 Å². The Labute approximate surface area is 219 Å². The summed E-state index contributed by atoms with van der Waals surface area (Å²) in [5, 5.41) is 2.60. The molecule has 3 aromatic rings. The maximum absolute atomic E-state index is 13.1. The number of ether oxygens (including phenoxy) is 1. The van der Waals surface area contributed by atoms with E-state index in [0.717, 1.165) is 16.2 Å². The van der Waals surface area contributed by atoms with Gasteiger partial charge in [-0.25, -0.2) is 9.69 Å². The van der Waals surface area contributed by atoms with Crippen molar-refractivity contribution in [3.63, 3.8) is 0 Å². The van der Waals surface area contributed by atoms with E-state index in [4.69, 9.17) is 16.3 Å². The summed E-state index contributed by atoms with van der Waals surface area (Å²) in [6.07, 6.45) is 0. The van der Waals surface area contributed by atoms with Crippen molar-refractivity contribution in [1.82, 2.24) is 0 Å². The summed E-state index contributed by atoms with van der Waals surface area (Å²) in [6.45, 7) is 4.36. The number of benzene rings is 3. The van der Waals surface area contributed by atoms with Crippen LogP contribution in [0.4, 0.5) is 17.1 Å². The largest absolute Gasteiger partial charge is 0.465 e. The highest BCUT2D eigenvalue weighted by Gasteiger charge is 2.39. The van der Waals surface area contributed by atoms with Gasteiger partial charge in [0.1, 0.15) is 10.7 Å². The van der Waals surface area contributed by atoms with Gasteiger partial charge in [-0.1, -0.05) is 29.8 Å². The molecule has 0 spiro atoms. The fourth-order valence-corrected chi connectivity index (χ4v) is 4.18. The van der Waals surface area contributed by atoms with Crippen LogP contribution in [-0.4, -0.2) is 37.3 Å². The van der Waals surface area contributed by atoms with E-state index in [-0.39, 0.29) is 27.9 Å². The van der Waals surface area contributed by atoms with E-state index in [2.05, 4.69) is 5.32 Å². The Morgan fingerprint density at radius 2 is 1.65 bits per heavy atom. The molecule has 3 amide bonds. The van der Waals surface area contributed by atoms with Gasteiger partial charge in [0.2, 0.25) is 0 Å². The molecule has 4 rings (SSSR count).